The molecule has 0 saturated heterocycles. The number of ether oxygens (including phenoxy) is 2. The average Bonchev–Trinajstić information content (AvgIpc) is 3.64. The van der Waals surface area contributed by atoms with Gasteiger partial charge in [-0.3, -0.25) is 4.79 Å². The molecule has 0 heterocycles. The second-order valence-corrected chi connectivity index (χ2v) is 9.95. The fourth-order valence-corrected chi connectivity index (χ4v) is 3.82. The molecule has 1 aliphatic carbocycles. The van der Waals surface area contributed by atoms with Crippen LogP contribution in [0.15, 0.2) is 60.7 Å². The van der Waals surface area contributed by atoms with E-state index in [9.17, 15) is 9.18 Å². The van der Waals surface area contributed by atoms with Crippen molar-refractivity contribution < 1.29 is 23.8 Å². The van der Waals surface area contributed by atoms with Crippen molar-refractivity contribution in [3.05, 3.63) is 83.2 Å². The van der Waals surface area contributed by atoms with Crippen molar-refractivity contribution in [1.82, 2.24) is 0 Å². The van der Waals surface area contributed by atoms with Gasteiger partial charge in [0.05, 0.1) is 7.11 Å². The minimum atomic E-state index is -0.818. The third-order valence-corrected chi connectivity index (χ3v) is 6.06. The first kappa shape index (κ1) is 27.3. The van der Waals surface area contributed by atoms with Crippen LogP contribution in [-0.4, -0.2) is 18.2 Å². The summed E-state index contributed by atoms with van der Waals surface area (Å²) < 4.78 is 25.9. The molecule has 0 radical (unpaired) electrons. The molecule has 1 saturated carbocycles. The Morgan fingerprint density at radius 1 is 1.00 bits per heavy atom. The van der Waals surface area contributed by atoms with Crippen LogP contribution in [0.4, 0.5) is 4.39 Å². The maximum atomic E-state index is 14.6. The Labute approximate surface area is 214 Å². The quantitative estimate of drug-likeness (QED) is 0.315. The van der Waals surface area contributed by atoms with Crippen molar-refractivity contribution in [2.24, 2.45) is 11.8 Å². The van der Waals surface area contributed by atoms with Crippen LogP contribution in [0.1, 0.15) is 56.7 Å². The van der Waals surface area contributed by atoms with E-state index in [1.165, 1.54) is 18.9 Å². The largest absolute Gasteiger partial charge is 0.497 e. The van der Waals surface area contributed by atoms with Gasteiger partial charge in [0.1, 0.15) is 23.9 Å². The highest BCUT2D eigenvalue weighted by molar-refractivity contribution is 5.70. The Balaban J connectivity index is 0.000000819. The number of hydrogen-bond acceptors (Lipinski definition) is 3. The van der Waals surface area contributed by atoms with Crippen LogP contribution in [0.25, 0.3) is 11.1 Å². The summed E-state index contributed by atoms with van der Waals surface area (Å²) in [5.74, 6) is 1.71. The molecule has 0 unspecified atom stereocenters. The highest BCUT2D eigenvalue weighted by Crippen LogP contribution is 2.32. The van der Waals surface area contributed by atoms with Gasteiger partial charge in [0.25, 0.3) is 0 Å². The molecule has 192 valence electrons. The van der Waals surface area contributed by atoms with Gasteiger partial charge in [0.15, 0.2) is 0 Å². The van der Waals surface area contributed by atoms with Gasteiger partial charge in [0, 0.05) is 12.0 Å². The Bertz CT molecular complexity index is 1150. The smallest absolute Gasteiger partial charge is 0.303 e. The summed E-state index contributed by atoms with van der Waals surface area (Å²) in [6.45, 7) is 6.92. The first-order valence-electron chi connectivity index (χ1n) is 12.6. The van der Waals surface area contributed by atoms with Gasteiger partial charge in [-0.2, -0.15) is 0 Å². The predicted molar refractivity (Wildman–Crippen MR) is 142 cm³/mol. The van der Waals surface area contributed by atoms with Gasteiger partial charge < -0.3 is 14.6 Å². The monoisotopic (exact) mass is 492 g/mol. The van der Waals surface area contributed by atoms with E-state index >= 15 is 0 Å². The summed E-state index contributed by atoms with van der Waals surface area (Å²) in [6.07, 6.45) is 4.33. The summed E-state index contributed by atoms with van der Waals surface area (Å²) in [6, 6.07) is 18.2. The molecule has 0 aromatic heterocycles. The van der Waals surface area contributed by atoms with E-state index in [1.807, 2.05) is 36.4 Å². The number of rotatable bonds is 10. The fraction of sp³-hybridized carbons (Fsp3) is 0.387. The van der Waals surface area contributed by atoms with Gasteiger partial charge in [-0.15, -0.1) is 0 Å². The first-order chi connectivity index (χ1) is 17.2. The molecular weight excluding hydrogens is 455 g/mol. The molecule has 0 bridgehead atoms. The molecule has 1 aliphatic rings. The molecule has 0 amide bonds. The summed E-state index contributed by atoms with van der Waals surface area (Å²) in [4.78, 5) is 10.8. The molecular formula is C31H37FO4. The van der Waals surface area contributed by atoms with Gasteiger partial charge in [-0.1, -0.05) is 63.9 Å². The lowest BCUT2D eigenvalue weighted by Gasteiger charge is -2.16. The summed E-state index contributed by atoms with van der Waals surface area (Å²) in [5, 5.41) is 8.87. The molecule has 4 rings (SSSR count). The number of carboxylic acids is 1. The zero-order valence-electron chi connectivity index (χ0n) is 21.7. The van der Waals surface area contributed by atoms with E-state index in [1.54, 1.807) is 19.2 Å². The number of halogens is 1. The maximum Gasteiger partial charge on any atom is 0.303 e. The van der Waals surface area contributed by atoms with Gasteiger partial charge in [-0.25, -0.2) is 4.39 Å². The average molecular weight is 493 g/mol. The second kappa shape index (κ2) is 13.1. The van der Waals surface area contributed by atoms with E-state index in [0.717, 1.165) is 34.6 Å². The van der Waals surface area contributed by atoms with E-state index in [-0.39, 0.29) is 12.2 Å². The number of aliphatic carboxylic acids is 1. The summed E-state index contributed by atoms with van der Waals surface area (Å²) in [7, 11) is 1.57. The molecule has 0 atom stereocenters. The maximum absolute atomic E-state index is 14.6. The molecule has 0 spiro atoms. The number of benzene rings is 3. The highest BCUT2D eigenvalue weighted by Gasteiger charge is 2.14. The molecule has 36 heavy (non-hydrogen) atoms. The number of aryl methyl sites for hydroxylation is 1. The van der Waals surface area contributed by atoms with Gasteiger partial charge in [-0.05, 0) is 77.3 Å². The molecule has 4 nitrogen and oxygen atoms in total. The van der Waals surface area contributed by atoms with Crippen LogP contribution in [0, 0.1) is 17.7 Å². The van der Waals surface area contributed by atoms with Crippen LogP contribution in [0.3, 0.4) is 0 Å². The molecule has 1 N–H and O–H groups in total. The summed E-state index contributed by atoms with van der Waals surface area (Å²) >= 11 is 0. The Morgan fingerprint density at radius 3 is 2.39 bits per heavy atom. The van der Waals surface area contributed by atoms with Crippen LogP contribution in [0.2, 0.25) is 0 Å². The van der Waals surface area contributed by atoms with Crippen LogP contribution in [-0.2, 0) is 24.2 Å². The van der Waals surface area contributed by atoms with Crippen molar-refractivity contribution in [1.29, 1.82) is 0 Å². The van der Waals surface area contributed by atoms with E-state index < -0.39 is 5.97 Å². The Hall–Kier alpha value is -3.34. The number of carbonyl (C=O) groups is 1. The van der Waals surface area contributed by atoms with Crippen LogP contribution in [0.5, 0.6) is 11.5 Å². The van der Waals surface area contributed by atoms with E-state index in [4.69, 9.17) is 14.6 Å². The minimum absolute atomic E-state index is 0.0876. The zero-order chi connectivity index (χ0) is 26.1. The molecule has 3 aromatic rings. The molecule has 3 aromatic carbocycles. The Kier molecular flexibility index (Phi) is 9.92. The third kappa shape index (κ3) is 8.71. The highest BCUT2D eigenvalue weighted by atomic mass is 19.1. The van der Waals surface area contributed by atoms with Crippen molar-refractivity contribution in [2.75, 3.05) is 7.11 Å². The normalized spacial score (nSPS) is 12.6. The minimum Gasteiger partial charge on any atom is -0.497 e. The van der Waals surface area contributed by atoms with E-state index in [0.29, 0.717) is 36.0 Å². The SMILES string of the molecule is CC1CC1.COc1ccc(F)c(-c2ccc(COc3cccc(CCC(=O)O)c3)cc2CC(C)C)c1. The second-order valence-electron chi connectivity index (χ2n) is 9.95. The lowest BCUT2D eigenvalue weighted by Crippen LogP contribution is -2.02. The number of carboxylic acid groups (broad SMARTS) is 1. The van der Waals surface area contributed by atoms with Gasteiger partial charge >= 0.3 is 5.97 Å². The van der Waals surface area contributed by atoms with Crippen molar-refractivity contribution in [3.8, 4) is 22.6 Å². The fourth-order valence-electron chi connectivity index (χ4n) is 3.82. The molecule has 5 heteroatoms. The zero-order valence-corrected chi connectivity index (χ0v) is 21.7. The predicted octanol–water partition coefficient (Wildman–Crippen LogP) is 7.71. The summed E-state index contributed by atoms with van der Waals surface area (Å²) in [5.41, 5.74) is 4.36. The van der Waals surface area contributed by atoms with Crippen molar-refractivity contribution >= 4 is 5.97 Å². The van der Waals surface area contributed by atoms with Crippen molar-refractivity contribution in [2.45, 2.75) is 59.5 Å². The topological polar surface area (TPSA) is 55.8 Å². The molecule has 0 aliphatic heterocycles. The van der Waals surface area contributed by atoms with Crippen LogP contribution >= 0.6 is 0 Å². The Morgan fingerprint density at radius 2 is 1.75 bits per heavy atom. The van der Waals surface area contributed by atoms with Gasteiger partial charge in [0.2, 0.25) is 0 Å². The first-order valence-corrected chi connectivity index (χ1v) is 12.6. The lowest BCUT2D eigenvalue weighted by molar-refractivity contribution is -0.136. The standard InChI is InChI=1S/C27H29FO4.C4H8/c1-18(2)13-21-14-20(7-10-24(21)25-16-22(31-3)9-11-26(25)28)17-32-23-6-4-5-19(15-23)8-12-27(29)30;1-4-2-3-4/h4-7,9-11,14-16,18H,8,12-13,17H2,1-3H3,(H,29,30);4H,2-3H2,1H3. The van der Waals surface area contributed by atoms with Crippen LogP contribution < -0.4 is 9.47 Å². The number of hydrogen-bond donors (Lipinski definition) is 1. The van der Waals surface area contributed by atoms with Crippen molar-refractivity contribution in [3.63, 3.8) is 0 Å². The number of methoxy groups -OCH3 is 1. The molecule has 1 fully saturated rings. The van der Waals surface area contributed by atoms with E-state index in [2.05, 4.69) is 26.8 Å². The lowest BCUT2D eigenvalue weighted by atomic mass is 9.92. The third-order valence-electron chi connectivity index (χ3n) is 6.06.